The van der Waals surface area contributed by atoms with Crippen LogP contribution in [0.4, 0.5) is 5.82 Å². The minimum atomic E-state index is -0.732. The third-order valence-corrected chi connectivity index (χ3v) is 5.43. The SMILES string of the molecule is C[C@]12CCC[C@@]1(c1cnc3c(N)ncnn13)O[C@H](CO)[C@H]2O. The van der Waals surface area contributed by atoms with Crippen molar-refractivity contribution < 1.29 is 14.9 Å². The first kappa shape index (κ1) is 13.9. The van der Waals surface area contributed by atoms with Crippen molar-refractivity contribution in [2.24, 2.45) is 5.41 Å². The van der Waals surface area contributed by atoms with Gasteiger partial charge in [-0.1, -0.05) is 6.92 Å². The van der Waals surface area contributed by atoms with Crippen LogP contribution >= 0.6 is 0 Å². The zero-order valence-corrected chi connectivity index (χ0v) is 12.3. The molecule has 2 fully saturated rings. The van der Waals surface area contributed by atoms with Crippen LogP contribution < -0.4 is 5.73 Å². The quantitative estimate of drug-likeness (QED) is 0.705. The maximum absolute atomic E-state index is 10.6. The highest BCUT2D eigenvalue weighted by molar-refractivity contribution is 5.59. The minimum Gasteiger partial charge on any atom is -0.394 e. The number of aromatic nitrogens is 4. The van der Waals surface area contributed by atoms with Crippen molar-refractivity contribution in [3.05, 3.63) is 18.2 Å². The van der Waals surface area contributed by atoms with Gasteiger partial charge in [0, 0.05) is 5.41 Å². The molecule has 1 saturated carbocycles. The van der Waals surface area contributed by atoms with Crippen LogP contribution in [0.2, 0.25) is 0 Å². The smallest absolute Gasteiger partial charge is 0.196 e. The predicted octanol–water partition coefficient (Wildman–Crippen LogP) is -0.156. The number of hydrogen-bond acceptors (Lipinski definition) is 7. The van der Waals surface area contributed by atoms with Gasteiger partial charge in [-0.15, -0.1) is 0 Å². The van der Waals surface area contributed by atoms with Crippen molar-refractivity contribution in [2.45, 2.75) is 44.0 Å². The van der Waals surface area contributed by atoms with Crippen molar-refractivity contribution >= 4 is 11.5 Å². The summed E-state index contributed by atoms with van der Waals surface area (Å²) in [6.07, 6.45) is 4.23. The Morgan fingerprint density at radius 2 is 2.27 bits per heavy atom. The normalized spacial score (nSPS) is 37.8. The fourth-order valence-corrected chi connectivity index (χ4v) is 4.23. The summed E-state index contributed by atoms with van der Waals surface area (Å²) >= 11 is 0. The molecule has 118 valence electrons. The average Bonchev–Trinajstić information content (AvgIpc) is 3.12. The molecule has 1 aliphatic carbocycles. The molecule has 8 heteroatoms. The van der Waals surface area contributed by atoms with Crippen molar-refractivity contribution in [3.8, 4) is 0 Å². The summed E-state index contributed by atoms with van der Waals surface area (Å²) in [5, 5.41) is 24.4. The highest BCUT2D eigenvalue weighted by Crippen LogP contribution is 2.62. The van der Waals surface area contributed by atoms with Crippen LogP contribution in [0.25, 0.3) is 5.65 Å². The summed E-state index contributed by atoms with van der Waals surface area (Å²) in [4.78, 5) is 8.26. The molecule has 8 nitrogen and oxygen atoms in total. The van der Waals surface area contributed by atoms with Crippen LogP contribution in [0, 0.1) is 5.41 Å². The van der Waals surface area contributed by atoms with E-state index in [4.69, 9.17) is 10.5 Å². The van der Waals surface area contributed by atoms with E-state index in [0.717, 1.165) is 25.0 Å². The third kappa shape index (κ3) is 1.44. The monoisotopic (exact) mass is 305 g/mol. The molecule has 4 rings (SSSR count). The van der Waals surface area contributed by atoms with Gasteiger partial charge in [-0.05, 0) is 19.3 Å². The van der Waals surface area contributed by atoms with E-state index in [1.54, 1.807) is 10.7 Å². The minimum absolute atomic E-state index is 0.216. The van der Waals surface area contributed by atoms with Gasteiger partial charge in [-0.25, -0.2) is 14.5 Å². The molecule has 2 aromatic heterocycles. The fourth-order valence-electron chi connectivity index (χ4n) is 4.23. The number of rotatable bonds is 2. The Labute approximate surface area is 126 Å². The first-order chi connectivity index (χ1) is 10.5. The number of ether oxygens (including phenoxy) is 1. The summed E-state index contributed by atoms with van der Waals surface area (Å²) in [6, 6.07) is 0. The van der Waals surface area contributed by atoms with Crippen LogP contribution in [0.5, 0.6) is 0 Å². The second-order valence-corrected chi connectivity index (χ2v) is 6.41. The Kier molecular flexibility index (Phi) is 2.76. The number of aliphatic hydroxyl groups is 2. The average molecular weight is 305 g/mol. The Balaban J connectivity index is 1.94. The van der Waals surface area contributed by atoms with Crippen molar-refractivity contribution in [1.82, 2.24) is 19.6 Å². The zero-order chi connectivity index (χ0) is 15.5. The molecule has 0 amide bonds. The number of fused-ring (bicyclic) bond motifs is 2. The molecule has 1 saturated heterocycles. The fraction of sp³-hybridized carbons (Fsp3) is 0.643. The Morgan fingerprint density at radius 1 is 1.45 bits per heavy atom. The van der Waals surface area contributed by atoms with Crippen molar-refractivity contribution in [3.63, 3.8) is 0 Å². The molecule has 0 aromatic carbocycles. The van der Waals surface area contributed by atoms with Gasteiger partial charge in [0.15, 0.2) is 11.5 Å². The highest BCUT2D eigenvalue weighted by atomic mass is 16.5. The number of hydrogen-bond donors (Lipinski definition) is 3. The standard InChI is InChI=1S/C14H19N5O3/c1-13-3-2-4-14(13,22-8(6-20)10(13)21)9-5-16-12-11(15)17-7-18-19(9)12/h5,7-8,10,20-21H,2-4,6H2,1H3,(H2,15,17,18)/t8-,10-,13-,14+/m1/s1. The van der Waals surface area contributed by atoms with Crippen LogP contribution in [-0.4, -0.2) is 48.6 Å². The van der Waals surface area contributed by atoms with Crippen LogP contribution in [0.15, 0.2) is 12.5 Å². The van der Waals surface area contributed by atoms with Gasteiger partial charge in [0.05, 0.1) is 24.6 Å². The first-order valence-electron chi connectivity index (χ1n) is 7.45. The molecule has 4 N–H and O–H groups in total. The molecule has 0 unspecified atom stereocenters. The van der Waals surface area contributed by atoms with E-state index < -0.39 is 23.2 Å². The van der Waals surface area contributed by atoms with Gasteiger partial charge in [0.2, 0.25) is 0 Å². The van der Waals surface area contributed by atoms with Gasteiger partial charge in [0.1, 0.15) is 18.0 Å². The number of imidazole rings is 1. The van der Waals surface area contributed by atoms with E-state index in [2.05, 4.69) is 15.1 Å². The molecular weight excluding hydrogens is 286 g/mol. The maximum Gasteiger partial charge on any atom is 0.196 e. The second-order valence-electron chi connectivity index (χ2n) is 6.41. The van der Waals surface area contributed by atoms with E-state index in [-0.39, 0.29) is 6.61 Å². The first-order valence-corrected chi connectivity index (χ1v) is 7.45. The summed E-state index contributed by atoms with van der Waals surface area (Å²) in [7, 11) is 0. The van der Waals surface area contributed by atoms with Crippen LogP contribution in [0.1, 0.15) is 31.9 Å². The number of nitrogens with two attached hydrogens (primary N) is 1. The van der Waals surface area contributed by atoms with Gasteiger partial charge in [-0.3, -0.25) is 0 Å². The molecule has 22 heavy (non-hydrogen) atoms. The maximum atomic E-state index is 10.6. The number of anilines is 1. The Hall–Kier alpha value is -1.77. The Bertz CT molecular complexity index is 734. The van der Waals surface area contributed by atoms with Crippen molar-refractivity contribution in [2.75, 3.05) is 12.3 Å². The summed E-state index contributed by atoms with van der Waals surface area (Å²) in [6.45, 7) is 1.79. The van der Waals surface area contributed by atoms with E-state index in [1.807, 2.05) is 6.92 Å². The molecule has 2 aliphatic rings. The van der Waals surface area contributed by atoms with Crippen molar-refractivity contribution in [1.29, 1.82) is 0 Å². The van der Waals surface area contributed by atoms with Gasteiger partial charge >= 0.3 is 0 Å². The topological polar surface area (TPSA) is 119 Å². The summed E-state index contributed by atoms with van der Waals surface area (Å²) in [5.74, 6) is 0.301. The molecule has 1 aliphatic heterocycles. The van der Waals surface area contributed by atoms with Crippen LogP contribution in [0.3, 0.4) is 0 Å². The number of nitrogen functional groups attached to an aromatic ring is 1. The van der Waals surface area contributed by atoms with E-state index in [9.17, 15) is 10.2 Å². The molecule has 0 radical (unpaired) electrons. The second kappa shape index (κ2) is 4.37. The molecule has 0 spiro atoms. The summed E-state index contributed by atoms with van der Waals surface area (Å²) < 4.78 is 7.81. The lowest BCUT2D eigenvalue weighted by molar-refractivity contribution is -0.0921. The molecular formula is C14H19N5O3. The molecule has 4 atom stereocenters. The molecule has 2 aromatic rings. The molecule has 3 heterocycles. The highest BCUT2D eigenvalue weighted by Gasteiger charge is 2.66. The van der Waals surface area contributed by atoms with E-state index in [1.165, 1.54) is 6.33 Å². The lowest BCUT2D eigenvalue weighted by Gasteiger charge is -2.36. The largest absolute Gasteiger partial charge is 0.394 e. The van der Waals surface area contributed by atoms with Gasteiger partial charge in [-0.2, -0.15) is 5.10 Å². The van der Waals surface area contributed by atoms with Crippen LogP contribution in [-0.2, 0) is 10.3 Å². The number of aliphatic hydroxyl groups excluding tert-OH is 2. The number of nitrogens with zero attached hydrogens (tertiary/aromatic N) is 4. The van der Waals surface area contributed by atoms with Gasteiger partial charge < -0.3 is 20.7 Å². The van der Waals surface area contributed by atoms with Gasteiger partial charge in [0.25, 0.3) is 0 Å². The predicted molar refractivity (Wildman–Crippen MR) is 76.8 cm³/mol. The third-order valence-electron chi connectivity index (χ3n) is 5.43. The zero-order valence-electron chi connectivity index (χ0n) is 12.3. The lowest BCUT2D eigenvalue weighted by Crippen LogP contribution is -2.42. The lowest BCUT2D eigenvalue weighted by atomic mass is 9.71. The Morgan fingerprint density at radius 3 is 3.05 bits per heavy atom. The molecule has 0 bridgehead atoms. The van der Waals surface area contributed by atoms with E-state index >= 15 is 0 Å². The summed E-state index contributed by atoms with van der Waals surface area (Å²) in [5.41, 5.74) is 5.87. The van der Waals surface area contributed by atoms with E-state index in [0.29, 0.717) is 11.5 Å².